The van der Waals surface area contributed by atoms with Crippen LogP contribution in [0, 0.1) is 13.8 Å². The van der Waals surface area contributed by atoms with Gasteiger partial charge in [-0.3, -0.25) is 30.6 Å². The van der Waals surface area contributed by atoms with Gasteiger partial charge in [-0.2, -0.15) is 0 Å². The zero-order chi connectivity index (χ0) is 21.8. The minimum Gasteiger partial charge on any atom is -0.463 e. The number of carbonyl (C=O) groups is 4. The number of rotatable bonds is 7. The molecule has 9 nitrogen and oxygen atoms in total. The molecule has 29 heavy (non-hydrogen) atoms. The number of hydrogen-bond acceptors (Lipinski definition) is 6. The van der Waals surface area contributed by atoms with Gasteiger partial charge in [0, 0.05) is 30.7 Å². The Labute approximate surface area is 174 Å². The molecule has 156 valence electrons. The molecule has 0 aliphatic rings. The Morgan fingerprint density at radius 2 is 1.72 bits per heavy atom. The van der Waals surface area contributed by atoms with Gasteiger partial charge in [0.05, 0.1) is 6.61 Å². The second-order valence-electron chi connectivity index (χ2n) is 5.94. The fraction of sp³-hybridized carbons (Fsp3) is 0.316. The Hall–Kier alpha value is -3.27. The highest BCUT2D eigenvalue weighted by atomic mass is 32.1. The van der Waals surface area contributed by atoms with Gasteiger partial charge in [0.15, 0.2) is 5.11 Å². The minimum absolute atomic E-state index is 0.0256. The summed E-state index contributed by atoms with van der Waals surface area (Å²) in [5, 5.41) is 4.81. The number of anilines is 1. The summed E-state index contributed by atoms with van der Waals surface area (Å²) in [6.45, 7) is 5.68. The minimum atomic E-state index is -0.669. The van der Waals surface area contributed by atoms with E-state index in [0.717, 1.165) is 23.3 Å². The van der Waals surface area contributed by atoms with Crippen LogP contribution in [0.5, 0.6) is 0 Å². The van der Waals surface area contributed by atoms with Gasteiger partial charge in [-0.25, -0.2) is 4.79 Å². The first kappa shape index (κ1) is 23.8. The molecule has 1 aromatic rings. The van der Waals surface area contributed by atoms with Crippen molar-refractivity contribution in [3.05, 3.63) is 41.5 Å². The van der Waals surface area contributed by atoms with E-state index in [4.69, 9.17) is 12.2 Å². The van der Waals surface area contributed by atoms with Crippen molar-refractivity contribution in [2.24, 2.45) is 0 Å². The lowest BCUT2D eigenvalue weighted by atomic mass is 10.1. The highest BCUT2D eigenvalue weighted by molar-refractivity contribution is 7.80. The number of ether oxygens (including phenoxy) is 1. The van der Waals surface area contributed by atoms with E-state index in [1.165, 1.54) is 0 Å². The number of amides is 3. The van der Waals surface area contributed by atoms with Crippen molar-refractivity contribution >= 4 is 46.7 Å². The average molecular weight is 420 g/mol. The SMILES string of the molecule is CCOC(=O)C=CC(=O)NC(=S)NNC(=O)CCC(=O)Nc1ccc(C)cc1C. The van der Waals surface area contributed by atoms with Crippen LogP contribution in [0.4, 0.5) is 5.69 Å². The van der Waals surface area contributed by atoms with Gasteiger partial charge in [-0.1, -0.05) is 17.7 Å². The van der Waals surface area contributed by atoms with E-state index in [9.17, 15) is 19.2 Å². The molecule has 4 N–H and O–H groups in total. The predicted molar refractivity (Wildman–Crippen MR) is 112 cm³/mol. The van der Waals surface area contributed by atoms with E-state index in [0.29, 0.717) is 5.69 Å². The van der Waals surface area contributed by atoms with Crippen molar-refractivity contribution in [3.8, 4) is 0 Å². The molecule has 0 fully saturated rings. The van der Waals surface area contributed by atoms with Crippen molar-refractivity contribution in [3.63, 3.8) is 0 Å². The Kier molecular flexibility index (Phi) is 10.0. The molecule has 0 saturated carbocycles. The lowest BCUT2D eigenvalue weighted by Crippen LogP contribution is -2.48. The maximum absolute atomic E-state index is 12.0. The maximum Gasteiger partial charge on any atom is 0.330 e. The van der Waals surface area contributed by atoms with E-state index < -0.39 is 17.8 Å². The van der Waals surface area contributed by atoms with Crippen LogP contribution in [0.3, 0.4) is 0 Å². The number of carbonyl (C=O) groups excluding carboxylic acids is 4. The number of esters is 1. The van der Waals surface area contributed by atoms with E-state index in [1.807, 2.05) is 32.0 Å². The van der Waals surface area contributed by atoms with E-state index >= 15 is 0 Å². The third kappa shape index (κ3) is 10.0. The maximum atomic E-state index is 12.0. The number of thiocarbonyl (C=S) groups is 1. The summed E-state index contributed by atoms with van der Waals surface area (Å²) >= 11 is 4.84. The number of hydrazine groups is 1. The third-order valence-corrected chi connectivity index (χ3v) is 3.65. The summed E-state index contributed by atoms with van der Waals surface area (Å²) in [7, 11) is 0. The summed E-state index contributed by atoms with van der Waals surface area (Å²) in [6, 6.07) is 5.64. The average Bonchev–Trinajstić information content (AvgIpc) is 2.65. The summed E-state index contributed by atoms with van der Waals surface area (Å²) < 4.78 is 4.63. The van der Waals surface area contributed by atoms with Gasteiger partial charge in [0.1, 0.15) is 0 Å². The third-order valence-electron chi connectivity index (χ3n) is 3.44. The molecule has 3 amide bonds. The molecule has 1 aromatic carbocycles. The molecule has 0 aliphatic carbocycles. The van der Waals surface area contributed by atoms with Gasteiger partial charge >= 0.3 is 5.97 Å². The highest BCUT2D eigenvalue weighted by Crippen LogP contribution is 2.16. The lowest BCUT2D eigenvalue weighted by molar-refractivity contribution is -0.137. The second kappa shape index (κ2) is 12.2. The van der Waals surface area contributed by atoms with Crippen LogP contribution in [0.15, 0.2) is 30.4 Å². The van der Waals surface area contributed by atoms with Crippen LogP contribution in [-0.2, 0) is 23.9 Å². The molecule has 0 heterocycles. The Balaban J connectivity index is 2.30. The van der Waals surface area contributed by atoms with Crippen molar-refractivity contribution in [2.75, 3.05) is 11.9 Å². The largest absolute Gasteiger partial charge is 0.463 e. The van der Waals surface area contributed by atoms with Crippen LogP contribution in [0.2, 0.25) is 0 Å². The van der Waals surface area contributed by atoms with Crippen molar-refractivity contribution < 1.29 is 23.9 Å². The molecule has 0 atom stereocenters. The molecule has 0 spiro atoms. The number of nitrogens with one attached hydrogen (secondary N) is 4. The quantitative estimate of drug-likeness (QED) is 0.226. The predicted octanol–water partition coefficient (Wildman–Crippen LogP) is 1.16. The van der Waals surface area contributed by atoms with Gasteiger partial charge < -0.3 is 10.1 Å². The zero-order valence-corrected chi connectivity index (χ0v) is 17.3. The van der Waals surface area contributed by atoms with Crippen LogP contribution < -0.4 is 21.5 Å². The fourth-order valence-electron chi connectivity index (χ4n) is 2.10. The Morgan fingerprint density at radius 3 is 2.38 bits per heavy atom. The molecular formula is C19H24N4O5S. The second-order valence-corrected chi connectivity index (χ2v) is 6.35. The van der Waals surface area contributed by atoms with E-state index in [-0.39, 0.29) is 30.5 Å². The van der Waals surface area contributed by atoms with Crippen LogP contribution >= 0.6 is 12.2 Å². The number of benzene rings is 1. The molecule has 0 aromatic heterocycles. The summed E-state index contributed by atoms with van der Waals surface area (Å²) in [6.07, 6.45) is 1.80. The van der Waals surface area contributed by atoms with E-state index in [2.05, 4.69) is 26.2 Å². The summed E-state index contributed by atoms with van der Waals surface area (Å²) in [5.41, 5.74) is 7.32. The zero-order valence-electron chi connectivity index (χ0n) is 16.5. The van der Waals surface area contributed by atoms with Crippen molar-refractivity contribution in [1.29, 1.82) is 0 Å². The Bertz CT molecular complexity index is 823. The number of aryl methyl sites for hydroxylation is 2. The van der Waals surface area contributed by atoms with E-state index in [1.54, 1.807) is 6.92 Å². The molecule has 0 radical (unpaired) electrons. The number of hydrogen-bond donors (Lipinski definition) is 4. The molecule has 0 bridgehead atoms. The smallest absolute Gasteiger partial charge is 0.330 e. The van der Waals surface area contributed by atoms with Gasteiger partial charge in [0.2, 0.25) is 17.7 Å². The summed E-state index contributed by atoms with van der Waals surface area (Å²) in [4.78, 5) is 46.4. The topological polar surface area (TPSA) is 126 Å². The van der Waals surface area contributed by atoms with Crippen molar-refractivity contribution in [2.45, 2.75) is 33.6 Å². The standard InChI is InChI=1S/C19H24N4O5S/c1-4-28-18(27)10-9-16(25)21-19(29)23-22-17(26)8-7-15(24)20-14-6-5-12(2)11-13(14)3/h5-6,9-11H,4,7-8H2,1-3H3,(H,20,24)(H,22,26)(H2,21,23,25,29). The normalized spacial score (nSPS) is 10.2. The van der Waals surface area contributed by atoms with Crippen LogP contribution in [0.1, 0.15) is 30.9 Å². The first-order valence-corrected chi connectivity index (χ1v) is 9.23. The molecular weight excluding hydrogens is 396 g/mol. The molecule has 0 aliphatic heterocycles. The Morgan fingerprint density at radius 1 is 1.03 bits per heavy atom. The molecule has 1 rings (SSSR count). The van der Waals surface area contributed by atoms with Gasteiger partial charge in [-0.05, 0) is 44.6 Å². The highest BCUT2D eigenvalue weighted by Gasteiger charge is 2.09. The van der Waals surface area contributed by atoms with Gasteiger partial charge in [-0.15, -0.1) is 0 Å². The molecule has 0 unspecified atom stereocenters. The lowest BCUT2D eigenvalue weighted by Gasteiger charge is -2.11. The van der Waals surface area contributed by atoms with Crippen LogP contribution in [0.25, 0.3) is 0 Å². The summed E-state index contributed by atoms with van der Waals surface area (Å²) in [5.74, 6) is -2.11. The van der Waals surface area contributed by atoms with Gasteiger partial charge in [0.25, 0.3) is 0 Å². The first-order chi connectivity index (χ1) is 13.7. The van der Waals surface area contributed by atoms with Crippen LogP contribution in [-0.4, -0.2) is 35.4 Å². The van der Waals surface area contributed by atoms with Crippen molar-refractivity contribution in [1.82, 2.24) is 16.2 Å². The fourth-order valence-corrected chi connectivity index (χ4v) is 2.25. The monoisotopic (exact) mass is 420 g/mol. The molecule has 0 saturated heterocycles. The first-order valence-electron chi connectivity index (χ1n) is 8.83. The molecule has 10 heteroatoms.